The molecule has 8 heteroatoms. The normalized spacial score (nSPS) is 10.7. The zero-order valence-corrected chi connectivity index (χ0v) is 14.9. The number of nitrogens with one attached hydrogen (secondary N) is 2. The summed E-state index contributed by atoms with van der Waals surface area (Å²) in [6.45, 7) is 0. The van der Waals surface area contributed by atoms with Crippen LogP contribution in [0.5, 0.6) is 0 Å². The summed E-state index contributed by atoms with van der Waals surface area (Å²) in [6.07, 6.45) is 3.37. The fourth-order valence-electron chi connectivity index (χ4n) is 2.51. The van der Waals surface area contributed by atoms with Gasteiger partial charge in [0.2, 0.25) is 5.13 Å². The lowest BCUT2D eigenvalue weighted by atomic mass is 10.1. The van der Waals surface area contributed by atoms with Crippen molar-refractivity contribution in [3.63, 3.8) is 0 Å². The molecule has 26 heavy (non-hydrogen) atoms. The average Bonchev–Trinajstić information content (AvgIpc) is 3.13. The predicted octanol–water partition coefficient (Wildman–Crippen LogP) is 5.05. The standard InChI is InChI=1S/C18H12ClN5OS/c19-14-5-6-15(13-4-2-1-3-12(13)14)21-17(25)22-18-24-23-16(26-18)11-7-9-20-10-8-11/h1-10H,(H2,21,22,24,25). The van der Waals surface area contributed by atoms with Gasteiger partial charge in [-0.25, -0.2) is 4.79 Å². The summed E-state index contributed by atoms with van der Waals surface area (Å²) in [5.41, 5.74) is 1.57. The minimum atomic E-state index is -0.394. The van der Waals surface area contributed by atoms with Crippen molar-refractivity contribution >= 4 is 50.6 Å². The number of hydrogen-bond acceptors (Lipinski definition) is 5. The van der Waals surface area contributed by atoms with Gasteiger partial charge in [0, 0.05) is 33.8 Å². The Kier molecular flexibility index (Phi) is 4.47. The summed E-state index contributed by atoms with van der Waals surface area (Å²) < 4.78 is 0. The van der Waals surface area contributed by atoms with E-state index in [-0.39, 0.29) is 0 Å². The molecule has 4 rings (SSSR count). The lowest BCUT2D eigenvalue weighted by Gasteiger charge is -2.09. The van der Waals surface area contributed by atoms with E-state index in [1.165, 1.54) is 11.3 Å². The number of pyridine rings is 1. The van der Waals surface area contributed by atoms with E-state index in [9.17, 15) is 4.79 Å². The first kappa shape index (κ1) is 16.4. The fourth-order valence-corrected chi connectivity index (χ4v) is 3.48. The molecule has 0 saturated carbocycles. The van der Waals surface area contributed by atoms with Gasteiger partial charge in [0.05, 0.1) is 5.69 Å². The Hall–Kier alpha value is -3.03. The molecule has 0 aliphatic heterocycles. The van der Waals surface area contributed by atoms with Gasteiger partial charge in [-0.1, -0.05) is 47.2 Å². The van der Waals surface area contributed by atoms with Gasteiger partial charge in [0.25, 0.3) is 0 Å². The zero-order chi connectivity index (χ0) is 17.9. The minimum absolute atomic E-state index is 0.394. The Balaban J connectivity index is 1.52. The molecule has 2 N–H and O–H groups in total. The first-order chi connectivity index (χ1) is 12.7. The molecule has 128 valence electrons. The van der Waals surface area contributed by atoms with Crippen molar-refractivity contribution in [3.05, 3.63) is 65.9 Å². The van der Waals surface area contributed by atoms with Crippen molar-refractivity contribution in [1.82, 2.24) is 15.2 Å². The van der Waals surface area contributed by atoms with Crippen LogP contribution < -0.4 is 10.6 Å². The largest absolute Gasteiger partial charge is 0.325 e. The number of urea groups is 1. The summed E-state index contributed by atoms with van der Waals surface area (Å²) >= 11 is 7.49. The Bertz CT molecular complexity index is 1080. The Morgan fingerprint density at radius 3 is 2.50 bits per heavy atom. The maximum Gasteiger partial charge on any atom is 0.325 e. The van der Waals surface area contributed by atoms with Crippen LogP contribution in [0.1, 0.15) is 0 Å². The van der Waals surface area contributed by atoms with E-state index in [1.807, 2.05) is 36.4 Å². The van der Waals surface area contributed by atoms with Gasteiger partial charge in [0.1, 0.15) is 5.01 Å². The monoisotopic (exact) mass is 381 g/mol. The number of carbonyl (C=O) groups excluding carboxylic acids is 1. The third-order valence-corrected chi connectivity index (χ3v) is 4.91. The van der Waals surface area contributed by atoms with Crippen molar-refractivity contribution in [2.75, 3.05) is 10.6 Å². The Labute approximate surface area is 157 Å². The van der Waals surface area contributed by atoms with Gasteiger partial charge in [-0.15, -0.1) is 10.2 Å². The van der Waals surface area contributed by atoms with E-state index < -0.39 is 6.03 Å². The summed E-state index contributed by atoms with van der Waals surface area (Å²) in [4.78, 5) is 16.3. The molecule has 0 radical (unpaired) electrons. The van der Waals surface area contributed by atoms with Gasteiger partial charge < -0.3 is 5.32 Å². The lowest BCUT2D eigenvalue weighted by Crippen LogP contribution is -2.19. The van der Waals surface area contributed by atoms with Gasteiger partial charge in [-0.2, -0.15) is 0 Å². The van der Waals surface area contributed by atoms with E-state index in [2.05, 4.69) is 25.8 Å². The average molecular weight is 382 g/mol. The second kappa shape index (κ2) is 7.07. The second-order valence-electron chi connectivity index (χ2n) is 5.37. The third-order valence-electron chi connectivity index (χ3n) is 3.69. The summed E-state index contributed by atoms with van der Waals surface area (Å²) in [7, 11) is 0. The first-order valence-corrected chi connectivity index (χ1v) is 8.89. The number of halogens is 1. The van der Waals surface area contributed by atoms with Crippen LogP contribution in [0.4, 0.5) is 15.6 Å². The molecule has 0 saturated heterocycles. The summed E-state index contributed by atoms with van der Waals surface area (Å²) in [6, 6.07) is 14.4. The highest BCUT2D eigenvalue weighted by molar-refractivity contribution is 7.18. The van der Waals surface area contributed by atoms with Crippen LogP contribution in [0, 0.1) is 0 Å². The number of hydrogen-bond donors (Lipinski definition) is 2. The highest BCUT2D eigenvalue weighted by Crippen LogP contribution is 2.30. The van der Waals surface area contributed by atoms with Crippen LogP contribution in [-0.4, -0.2) is 21.2 Å². The van der Waals surface area contributed by atoms with Crippen molar-refractivity contribution < 1.29 is 4.79 Å². The number of carbonyl (C=O) groups is 1. The number of amides is 2. The lowest BCUT2D eigenvalue weighted by molar-refractivity contribution is 0.262. The Morgan fingerprint density at radius 1 is 0.923 bits per heavy atom. The molecule has 2 amide bonds. The quantitative estimate of drug-likeness (QED) is 0.520. The molecule has 0 spiro atoms. The SMILES string of the molecule is O=C(Nc1nnc(-c2ccncc2)s1)Nc1ccc(Cl)c2ccccc12. The maximum absolute atomic E-state index is 12.3. The molecule has 0 aliphatic rings. The zero-order valence-electron chi connectivity index (χ0n) is 13.3. The summed E-state index contributed by atoms with van der Waals surface area (Å²) in [5, 5.41) is 17.1. The number of fused-ring (bicyclic) bond motifs is 1. The molecule has 6 nitrogen and oxygen atoms in total. The number of anilines is 2. The molecule has 0 aliphatic carbocycles. The number of aromatic nitrogens is 3. The van der Waals surface area contributed by atoms with Crippen molar-refractivity contribution in [1.29, 1.82) is 0 Å². The molecule has 4 aromatic rings. The molecule has 0 fully saturated rings. The van der Waals surface area contributed by atoms with Crippen LogP contribution >= 0.6 is 22.9 Å². The van der Waals surface area contributed by atoms with E-state index >= 15 is 0 Å². The van der Waals surface area contributed by atoms with Crippen LogP contribution in [0.25, 0.3) is 21.3 Å². The second-order valence-corrected chi connectivity index (χ2v) is 6.75. The van der Waals surface area contributed by atoms with Gasteiger partial charge in [-0.05, 0) is 24.3 Å². The number of benzene rings is 2. The minimum Gasteiger partial charge on any atom is -0.307 e. The van der Waals surface area contributed by atoms with Crippen molar-refractivity contribution in [2.24, 2.45) is 0 Å². The van der Waals surface area contributed by atoms with Gasteiger partial charge >= 0.3 is 6.03 Å². The molecule has 0 unspecified atom stereocenters. The van der Waals surface area contributed by atoms with Crippen molar-refractivity contribution in [2.45, 2.75) is 0 Å². The fraction of sp³-hybridized carbons (Fsp3) is 0. The highest BCUT2D eigenvalue weighted by atomic mass is 35.5. The molecule has 0 bridgehead atoms. The topological polar surface area (TPSA) is 79.8 Å². The Morgan fingerprint density at radius 2 is 1.69 bits per heavy atom. The first-order valence-electron chi connectivity index (χ1n) is 7.70. The number of rotatable bonds is 3. The third kappa shape index (κ3) is 3.35. The van der Waals surface area contributed by atoms with Crippen molar-refractivity contribution in [3.8, 4) is 10.6 Å². The van der Waals surface area contributed by atoms with Crippen LogP contribution in [-0.2, 0) is 0 Å². The van der Waals surface area contributed by atoms with Crippen LogP contribution in [0.3, 0.4) is 0 Å². The predicted molar refractivity (Wildman–Crippen MR) is 105 cm³/mol. The summed E-state index contributed by atoms with van der Waals surface area (Å²) in [5.74, 6) is 0. The molecular formula is C18H12ClN5OS. The smallest absolute Gasteiger partial charge is 0.307 e. The molecule has 0 atom stereocenters. The van der Waals surface area contributed by atoms with E-state index in [1.54, 1.807) is 24.5 Å². The molecule has 2 aromatic heterocycles. The van der Waals surface area contributed by atoms with Crippen LogP contribution in [0.2, 0.25) is 5.02 Å². The van der Waals surface area contributed by atoms with Gasteiger partial charge in [0.15, 0.2) is 0 Å². The number of nitrogens with zero attached hydrogens (tertiary/aromatic N) is 3. The van der Waals surface area contributed by atoms with E-state index in [0.29, 0.717) is 20.8 Å². The molecular weight excluding hydrogens is 370 g/mol. The van der Waals surface area contributed by atoms with E-state index in [0.717, 1.165) is 16.3 Å². The maximum atomic E-state index is 12.3. The molecule has 2 heterocycles. The van der Waals surface area contributed by atoms with Gasteiger partial charge in [-0.3, -0.25) is 10.3 Å². The van der Waals surface area contributed by atoms with Crippen LogP contribution in [0.15, 0.2) is 60.9 Å². The van der Waals surface area contributed by atoms with E-state index in [4.69, 9.17) is 11.6 Å². The highest BCUT2D eigenvalue weighted by Gasteiger charge is 2.11. The molecule has 2 aromatic carbocycles.